The van der Waals surface area contributed by atoms with Gasteiger partial charge in [0.05, 0.1) is 17.3 Å². The van der Waals surface area contributed by atoms with Gasteiger partial charge in [0.15, 0.2) is 0 Å². The Kier molecular flexibility index (Phi) is 4.01. The second-order valence-electron chi connectivity index (χ2n) is 6.46. The molecule has 0 radical (unpaired) electrons. The first-order valence-electron chi connectivity index (χ1n) is 6.78. The van der Waals surface area contributed by atoms with Crippen LogP contribution in [0.2, 0.25) is 0 Å². The lowest BCUT2D eigenvalue weighted by molar-refractivity contribution is -0.0882. The number of aliphatic hydroxyl groups is 1. The summed E-state index contributed by atoms with van der Waals surface area (Å²) in [6, 6.07) is 8.10. The van der Waals surface area contributed by atoms with Gasteiger partial charge in [-0.25, -0.2) is 0 Å². The van der Waals surface area contributed by atoms with Crippen LogP contribution in [0.4, 0.5) is 0 Å². The van der Waals surface area contributed by atoms with Crippen LogP contribution >= 0.6 is 11.8 Å². The molecule has 106 valence electrons. The number of benzene rings is 1. The summed E-state index contributed by atoms with van der Waals surface area (Å²) in [5.41, 5.74) is 0.562. The summed E-state index contributed by atoms with van der Waals surface area (Å²) in [6.07, 6.45) is 2.45. The molecule has 1 fully saturated rings. The van der Waals surface area contributed by atoms with Crippen LogP contribution < -0.4 is 0 Å². The maximum Gasteiger partial charge on any atom is 0.0857 e. The van der Waals surface area contributed by atoms with Crippen LogP contribution in [0.15, 0.2) is 29.2 Å². The van der Waals surface area contributed by atoms with Gasteiger partial charge in [-0.3, -0.25) is 0 Å². The van der Waals surface area contributed by atoms with Crippen LogP contribution in [0.3, 0.4) is 0 Å². The molecule has 19 heavy (non-hydrogen) atoms. The van der Waals surface area contributed by atoms with Crippen molar-refractivity contribution in [3.05, 3.63) is 29.8 Å². The van der Waals surface area contributed by atoms with Crippen molar-refractivity contribution in [1.82, 2.24) is 0 Å². The molecule has 1 saturated heterocycles. The molecule has 1 aliphatic rings. The van der Waals surface area contributed by atoms with Gasteiger partial charge in [0, 0.05) is 10.8 Å². The Morgan fingerprint density at radius 3 is 2.42 bits per heavy atom. The van der Waals surface area contributed by atoms with Crippen LogP contribution in [0, 0.1) is 5.92 Å². The number of rotatable bonds is 3. The minimum absolute atomic E-state index is 0.121. The molecular formula is C16H24O2S. The Balaban J connectivity index is 2.31. The molecule has 0 amide bonds. The van der Waals surface area contributed by atoms with Crippen LogP contribution in [0.5, 0.6) is 0 Å². The Hall–Kier alpha value is -0.510. The summed E-state index contributed by atoms with van der Waals surface area (Å²) < 4.78 is 6.10. The molecule has 0 aliphatic carbocycles. The quantitative estimate of drug-likeness (QED) is 0.848. The third kappa shape index (κ3) is 2.99. The molecular weight excluding hydrogens is 256 g/mol. The fourth-order valence-corrected chi connectivity index (χ4v) is 3.86. The Labute approximate surface area is 120 Å². The lowest BCUT2D eigenvalue weighted by atomic mass is 9.80. The number of hydrogen-bond donors (Lipinski definition) is 1. The lowest BCUT2D eigenvalue weighted by Gasteiger charge is -2.31. The molecule has 0 bridgehead atoms. The zero-order valence-corrected chi connectivity index (χ0v) is 13.3. The van der Waals surface area contributed by atoms with Gasteiger partial charge < -0.3 is 9.84 Å². The summed E-state index contributed by atoms with van der Waals surface area (Å²) in [5, 5.41) is 10.8. The fourth-order valence-electron chi connectivity index (χ4n) is 3.22. The van der Waals surface area contributed by atoms with E-state index in [1.807, 2.05) is 24.5 Å². The normalized spacial score (nSPS) is 26.3. The maximum absolute atomic E-state index is 10.8. The van der Waals surface area contributed by atoms with Gasteiger partial charge in [-0.05, 0) is 52.0 Å². The first-order valence-corrected chi connectivity index (χ1v) is 8.00. The molecule has 2 atom stereocenters. The topological polar surface area (TPSA) is 29.5 Å². The predicted molar refractivity (Wildman–Crippen MR) is 80.5 cm³/mol. The van der Waals surface area contributed by atoms with Gasteiger partial charge in [0.2, 0.25) is 0 Å². The van der Waals surface area contributed by atoms with Gasteiger partial charge >= 0.3 is 0 Å². The molecule has 2 unspecified atom stereocenters. The monoisotopic (exact) mass is 280 g/mol. The summed E-state index contributed by atoms with van der Waals surface area (Å²) in [6.45, 7) is 8.36. The van der Waals surface area contributed by atoms with Gasteiger partial charge in [0.25, 0.3) is 0 Å². The highest BCUT2D eigenvalue weighted by Crippen LogP contribution is 2.48. The van der Waals surface area contributed by atoms with Crippen molar-refractivity contribution in [1.29, 1.82) is 0 Å². The highest BCUT2D eigenvalue weighted by Gasteiger charge is 2.49. The molecule has 0 aromatic heterocycles. The SMILES string of the molecule is CSc1ccccc1C(O)C1CC(C)(C)OC1(C)C. The summed E-state index contributed by atoms with van der Waals surface area (Å²) in [4.78, 5) is 1.15. The zero-order chi connectivity index (χ0) is 14.3. The van der Waals surface area contributed by atoms with E-state index in [-0.39, 0.29) is 17.1 Å². The molecule has 1 heterocycles. The second-order valence-corrected chi connectivity index (χ2v) is 7.31. The minimum atomic E-state index is -0.472. The van der Waals surface area contributed by atoms with Crippen LogP contribution in [0.1, 0.15) is 45.8 Å². The first-order chi connectivity index (χ1) is 8.77. The zero-order valence-electron chi connectivity index (χ0n) is 12.4. The molecule has 0 spiro atoms. The molecule has 1 aromatic rings. The number of aliphatic hydroxyl groups excluding tert-OH is 1. The van der Waals surface area contributed by atoms with E-state index in [9.17, 15) is 5.11 Å². The minimum Gasteiger partial charge on any atom is -0.388 e. The third-order valence-electron chi connectivity index (χ3n) is 3.98. The molecule has 1 aromatic carbocycles. The molecule has 3 heteroatoms. The van der Waals surface area contributed by atoms with Crippen molar-refractivity contribution in [2.24, 2.45) is 5.92 Å². The van der Waals surface area contributed by atoms with E-state index in [2.05, 4.69) is 33.8 Å². The van der Waals surface area contributed by atoms with E-state index in [1.54, 1.807) is 11.8 Å². The standard InChI is InChI=1S/C16H24O2S/c1-15(2)10-12(16(3,4)18-15)14(17)11-8-6-7-9-13(11)19-5/h6-9,12,14,17H,10H2,1-5H3. The van der Waals surface area contributed by atoms with Crippen LogP contribution in [-0.2, 0) is 4.74 Å². The highest BCUT2D eigenvalue weighted by atomic mass is 32.2. The molecule has 1 aliphatic heterocycles. The lowest BCUT2D eigenvalue weighted by Crippen LogP contribution is -2.32. The average Bonchev–Trinajstić information content (AvgIpc) is 2.56. The van der Waals surface area contributed by atoms with E-state index in [0.717, 1.165) is 16.9 Å². The first kappa shape index (κ1) is 14.9. The molecule has 2 nitrogen and oxygen atoms in total. The number of hydrogen-bond acceptors (Lipinski definition) is 3. The summed E-state index contributed by atoms with van der Waals surface area (Å²) >= 11 is 1.68. The predicted octanol–water partition coefficient (Wildman–Crippen LogP) is 4.04. The van der Waals surface area contributed by atoms with Crippen LogP contribution in [0.25, 0.3) is 0 Å². The highest BCUT2D eigenvalue weighted by molar-refractivity contribution is 7.98. The van der Waals surface area contributed by atoms with Gasteiger partial charge in [0.1, 0.15) is 0 Å². The van der Waals surface area contributed by atoms with Crippen molar-refractivity contribution in [2.75, 3.05) is 6.26 Å². The molecule has 0 saturated carbocycles. The van der Waals surface area contributed by atoms with E-state index in [0.29, 0.717) is 0 Å². The maximum atomic E-state index is 10.8. The Morgan fingerprint density at radius 1 is 1.26 bits per heavy atom. The van der Waals surface area contributed by atoms with E-state index in [1.165, 1.54) is 0 Å². The molecule has 1 N–H and O–H groups in total. The second kappa shape index (κ2) is 5.12. The number of thioether (sulfide) groups is 1. The van der Waals surface area contributed by atoms with Gasteiger partial charge in [-0.2, -0.15) is 0 Å². The summed E-state index contributed by atoms with van der Waals surface area (Å²) in [5.74, 6) is 0.121. The van der Waals surface area contributed by atoms with E-state index in [4.69, 9.17) is 4.74 Å². The van der Waals surface area contributed by atoms with Crippen molar-refractivity contribution in [3.8, 4) is 0 Å². The third-order valence-corrected chi connectivity index (χ3v) is 4.79. The van der Waals surface area contributed by atoms with Crippen molar-refractivity contribution in [3.63, 3.8) is 0 Å². The van der Waals surface area contributed by atoms with E-state index >= 15 is 0 Å². The van der Waals surface area contributed by atoms with E-state index < -0.39 is 6.10 Å². The average molecular weight is 280 g/mol. The largest absolute Gasteiger partial charge is 0.388 e. The number of ether oxygens (including phenoxy) is 1. The summed E-state index contributed by atoms with van der Waals surface area (Å²) in [7, 11) is 0. The fraction of sp³-hybridized carbons (Fsp3) is 0.625. The van der Waals surface area contributed by atoms with Crippen molar-refractivity contribution >= 4 is 11.8 Å². The van der Waals surface area contributed by atoms with Crippen molar-refractivity contribution in [2.45, 2.75) is 56.3 Å². The van der Waals surface area contributed by atoms with Crippen LogP contribution in [-0.4, -0.2) is 22.6 Å². The Bertz CT molecular complexity index is 454. The smallest absolute Gasteiger partial charge is 0.0857 e. The Morgan fingerprint density at radius 2 is 1.89 bits per heavy atom. The molecule has 2 rings (SSSR count). The van der Waals surface area contributed by atoms with Gasteiger partial charge in [-0.1, -0.05) is 18.2 Å². The van der Waals surface area contributed by atoms with Gasteiger partial charge in [-0.15, -0.1) is 11.8 Å². The van der Waals surface area contributed by atoms with Crippen molar-refractivity contribution < 1.29 is 9.84 Å².